The van der Waals surface area contributed by atoms with E-state index in [1.165, 1.54) is 0 Å². The topological polar surface area (TPSA) is 105 Å². The zero-order valence-electron chi connectivity index (χ0n) is 27.8. The van der Waals surface area contributed by atoms with E-state index in [-0.39, 0.29) is 43.3 Å². The Kier molecular flexibility index (Phi) is 17.9. The van der Waals surface area contributed by atoms with Crippen molar-refractivity contribution in [1.82, 2.24) is 10.6 Å². The van der Waals surface area contributed by atoms with E-state index < -0.39 is 18.0 Å². The number of allylic oxidation sites excluding steroid dienone is 2. The lowest BCUT2D eigenvalue weighted by atomic mass is 9.94. The van der Waals surface area contributed by atoms with Gasteiger partial charge in [0.2, 0.25) is 11.8 Å². The highest BCUT2D eigenvalue weighted by atomic mass is 32.2. The van der Waals surface area contributed by atoms with Crippen LogP contribution in [0.4, 0.5) is 0 Å². The highest BCUT2D eigenvalue weighted by Gasteiger charge is 2.27. The molecular formula is C40H50N2O5S. The van der Waals surface area contributed by atoms with Crippen molar-refractivity contribution in [1.29, 1.82) is 0 Å². The van der Waals surface area contributed by atoms with Crippen LogP contribution >= 0.6 is 11.8 Å². The Morgan fingerprint density at radius 1 is 0.771 bits per heavy atom. The minimum Gasteiger partial charge on any atom is -0.463 e. The quantitative estimate of drug-likeness (QED) is 0.0608. The number of esters is 1. The SMILES string of the molecule is C=CCCCC(Cc1ccccc1)C(=O)OCC(CSCc1ccccc1)NC(=O)C(CC=C)CC(=O)NC(CO)Cc1ccccc1. The number of nitrogens with one attached hydrogen (secondary N) is 2. The fraction of sp³-hybridized carbons (Fsp3) is 0.375. The van der Waals surface area contributed by atoms with Crippen molar-refractivity contribution in [2.24, 2.45) is 11.8 Å². The van der Waals surface area contributed by atoms with Gasteiger partial charge < -0.3 is 20.5 Å². The van der Waals surface area contributed by atoms with Crippen LogP contribution in [-0.2, 0) is 37.7 Å². The van der Waals surface area contributed by atoms with Crippen molar-refractivity contribution in [3.8, 4) is 0 Å². The number of hydrogen-bond donors (Lipinski definition) is 3. The molecular weight excluding hydrogens is 621 g/mol. The van der Waals surface area contributed by atoms with Gasteiger partial charge in [-0.25, -0.2) is 0 Å². The Morgan fingerprint density at radius 3 is 1.96 bits per heavy atom. The van der Waals surface area contributed by atoms with Crippen molar-refractivity contribution >= 4 is 29.5 Å². The molecule has 3 N–H and O–H groups in total. The number of aliphatic hydroxyl groups is 1. The van der Waals surface area contributed by atoms with Crippen molar-refractivity contribution in [3.05, 3.63) is 133 Å². The molecule has 4 unspecified atom stereocenters. The van der Waals surface area contributed by atoms with Crippen molar-refractivity contribution < 1.29 is 24.2 Å². The lowest BCUT2D eigenvalue weighted by Gasteiger charge is -2.24. The molecule has 0 fully saturated rings. The number of ether oxygens (including phenoxy) is 1. The van der Waals surface area contributed by atoms with Gasteiger partial charge in [0.25, 0.3) is 0 Å². The molecule has 7 nitrogen and oxygen atoms in total. The maximum atomic E-state index is 13.6. The highest BCUT2D eigenvalue weighted by Crippen LogP contribution is 2.19. The summed E-state index contributed by atoms with van der Waals surface area (Å²) in [6, 6.07) is 28.6. The van der Waals surface area contributed by atoms with Gasteiger partial charge in [-0.2, -0.15) is 11.8 Å². The molecule has 4 atom stereocenters. The zero-order chi connectivity index (χ0) is 34.4. The van der Waals surface area contributed by atoms with Gasteiger partial charge >= 0.3 is 5.97 Å². The molecule has 48 heavy (non-hydrogen) atoms. The largest absolute Gasteiger partial charge is 0.463 e. The van der Waals surface area contributed by atoms with E-state index >= 15 is 0 Å². The van der Waals surface area contributed by atoms with Crippen LogP contribution in [0.2, 0.25) is 0 Å². The molecule has 0 saturated heterocycles. The second kappa shape index (κ2) is 22.4. The summed E-state index contributed by atoms with van der Waals surface area (Å²) in [6.45, 7) is 7.41. The van der Waals surface area contributed by atoms with E-state index in [0.717, 1.165) is 35.3 Å². The van der Waals surface area contributed by atoms with E-state index in [0.29, 0.717) is 31.4 Å². The molecule has 0 saturated carbocycles. The van der Waals surface area contributed by atoms with E-state index in [4.69, 9.17) is 4.74 Å². The van der Waals surface area contributed by atoms with Gasteiger partial charge in [-0.15, -0.1) is 13.2 Å². The normalized spacial score (nSPS) is 13.4. The Labute approximate surface area is 290 Å². The monoisotopic (exact) mass is 670 g/mol. The number of amides is 2. The third-order valence-electron chi connectivity index (χ3n) is 7.99. The Morgan fingerprint density at radius 2 is 1.38 bits per heavy atom. The Hall–Kier alpha value is -4.14. The van der Waals surface area contributed by atoms with Gasteiger partial charge in [0.1, 0.15) is 6.61 Å². The number of thioether (sulfide) groups is 1. The minimum absolute atomic E-state index is 0.0236. The minimum atomic E-state index is -0.666. The van der Waals surface area contributed by atoms with E-state index in [2.05, 4.69) is 23.8 Å². The first-order valence-electron chi connectivity index (χ1n) is 16.7. The fourth-order valence-corrected chi connectivity index (χ4v) is 6.42. The van der Waals surface area contributed by atoms with E-state index in [1.807, 2.05) is 97.1 Å². The molecule has 0 radical (unpaired) electrons. The summed E-state index contributed by atoms with van der Waals surface area (Å²) >= 11 is 1.64. The summed E-state index contributed by atoms with van der Waals surface area (Å²) in [5.41, 5.74) is 3.22. The number of benzene rings is 3. The standard InChI is InChI=1S/C40H50N2O5S/c1-3-5-9-23-35(24-31-17-10-6-11-18-31)40(46)47-28-37(30-48-29-33-21-14-8-15-22-33)42-39(45)34(16-4-2)26-38(44)41-36(27-43)25-32-19-12-7-13-20-32/h3-4,6-8,10-15,17-22,34-37,43H,1-2,5,9,16,23-30H2,(H,41,44)(H,42,45). The molecule has 0 aliphatic heterocycles. The molecule has 0 aromatic heterocycles. The van der Waals surface area contributed by atoms with Crippen LogP contribution in [-0.4, -0.2) is 53.9 Å². The molecule has 0 aliphatic rings. The smallest absolute Gasteiger partial charge is 0.309 e. The summed E-state index contributed by atoms with van der Waals surface area (Å²) in [5, 5.41) is 15.8. The summed E-state index contributed by atoms with van der Waals surface area (Å²) in [4.78, 5) is 40.1. The molecule has 256 valence electrons. The predicted molar refractivity (Wildman–Crippen MR) is 195 cm³/mol. The molecule has 0 bridgehead atoms. The van der Waals surface area contributed by atoms with Crippen molar-refractivity contribution in [3.63, 3.8) is 0 Å². The van der Waals surface area contributed by atoms with Gasteiger partial charge in [-0.1, -0.05) is 103 Å². The lowest BCUT2D eigenvalue weighted by Crippen LogP contribution is -2.46. The molecule has 3 aromatic carbocycles. The maximum Gasteiger partial charge on any atom is 0.309 e. The van der Waals surface area contributed by atoms with Crippen LogP contribution in [0.3, 0.4) is 0 Å². The van der Waals surface area contributed by atoms with Gasteiger partial charge in [-0.3, -0.25) is 14.4 Å². The van der Waals surface area contributed by atoms with Crippen LogP contribution in [0.5, 0.6) is 0 Å². The molecule has 3 aromatic rings. The van der Waals surface area contributed by atoms with Crippen molar-refractivity contribution in [2.75, 3.05) is 19.0 Å². The number of hydrogen-bond acceptors (Lipinski definition) is 6. The molecule has 2 amide bonds. The van der Waals surface area contributed by atoms with Gasteiger partial charge in [0.05, 0.1) is 30.5 Å². The molecule has 0 heterocycles. The number of rotatable bonds is 23. The third-order valence-corrected chi connectivity index (χ3v) is 9.16. The molecule has 0 spiro atoms. The summed E-state index contributed by atoms with van der Waals surface area (Å²) in [7, 11) is 0. The van der Waals surface area contributed by atoms with Gasteiger partial charge in [0, 0.05) is 17.9 Å². The van der Waals surface area contributed by atoms with Crippen molar-refractivity contribution in [2.45, 2.75) is 62.8 Å². The number of carbonyl (C=O) groups excluding carboxylic acids is 3. The first kappa shape index (κ1) is 38.3. The van der Waals surface area contributed by atoms with E-state index in [1.54, 1.807) is 17.8 Å². The Bertz CT molecular complexity index is 1390. The predicted octanol–water partition coefficient (Wildman–Crippen LogP) is 6.47. The number of aliphatic hydroxyl groups excluding tert-OH is 1. The first-order chi connectivity index (χ1) is 23.4. The van der Waals surface area contributed by atoms with Crippen LogP contribution in [0.15, 0.2) is 116 Å². The van der Waals surface area contributed by atoms with Crippen LogP contribution in [0, 0.1) is 11.8 Å². The zero-order valence-corrected chi connectivity index (χ0v) is 28.6. The summed E-state index contributed by atoms with van der Waals surface area (Å²) in [6.07, 6.45) is 7.10. The molecule has 0 aliphatic carbocycles. The average molecular weight is 671 g/mol. The number of unbranched alkanes of at least 4 members (excludes halogenated alkanes) is 1. The first-order valence-corrected chi connectivity index (χ1v) is 17.9. The lowest BCUT2D eigenvalue weighted by molar-refractivity contribution is -0.150. The fourth-order valence-electron chi connectivity index (χ4n) is 5.41. The van der Waals surface area contributed by atoms with Gasteiger partial charge in [0.15, 0.2) is 0 Å². The summed E-state index contributed by atoms with van der Waals surface area (Å²) < 4.78 is 5.90. The second-order valence-electron chi connectivity index (χ2n) is 12.0. The Balaban J connectivity index is 1.65. The third kappa shape index (κ3) is 14.7. The second-order valence-corrected chi connectivity index (χ2v) is 13.0. The van der Waals surface area contributed by atoms with Crippen LogP contribution < -0.4 is 10.6 Å². The van der Waals surface area contributed by atoms with Crippen LogP contribution in [0.1, 0.15) is 48.8 Å². The maximum absolute atomic E-state index is 13.6. The average Bonchev–Trinajstić information content (AvgIpc) is 3.10. The summed E-state index contributed by atoms with van der Waals surface area (Å²) in [5.74, 6) is -0.635. The highest BCUT2D eigenvalue weighted by molar-refractivity contribution is 7.98. The molecule has 8 heteroatoms. The van der Waals surface area contributed by atoms with E-state index in [9.17, 15) is 19.5 Å². The molecule has 3 rings (SSSR count). The number of carbonyl (C=O) groups is 3. The van der Waals surface area contributed by atoms with Crippen LogP contribution in [0.25, 0.3) is 0 Å². The van der Waals surface area contributed by atoms with Gasteiger partial charge in [-0.05, 0) is 55.2 Å².